The molecule has 180 valence electrons. The summed E-state index contributed by atoms with van der Waals surface area (Å²) in [6.07, 6.45) is 2.25. The number of hydrogen-bond donors (Lipinski definition) is 2. The fourth-order valence-electron chi connectivity index (χ4n) is 3.67. The molecular weight excluding hydrogens is 456 g/mol. The third-order valence-corrected chi connectivity index (χ3v) is 6.76. The number of pyridine rings is 2. The zero-order valence-corrected chi connectivity index (χ0v) is 20.4. The Labute approximate surface area is 198 Å². The van der Waals surface area contributed by atoms with Crippen molar-refractivity contribution in [2.45, 2.75) is 45.6 Å². The fraction of sp³-hybridized carbons (Fsp3) is 0.375. The van der Waals surface area contributed by atoms with Crippen LogP contribution in [0, 0.1) is 11.8 Å². The Bertz CT molecular complexity index is 1440. The number of aromatic hydroxyl groups is 1. The van der Waals surface area contributed by atoms with E-state index < -0.39 is 15.6 Å². The predicted octanol–water partition coefficient (Wildman–Crippen LogP) is 3.74. The van der Waals surface area contributed by atoms with Crippen molar-refractivity contribution < 1.29 is 18.3 Å². The zero-order chi connectivity index (χ0) is 24.6. The van der Waals surface area contributed by atoms with Crippen molar-refractivity contribution in [1.82, 2.24) is 9.55 Å². The van der Waals surface area contributed by atoms with Crippen LogP contribution >= 0.6 is 0 Å². The lowest BCUT2D eigenvalue weighted by atomic mass is 10.1. The van der Waals surface area contributed by atoms with Crippen molar-refractivity contribution in [3.05, 3.63) is 52.4 Å². The number of anilines is 1. The minimum absolute atomic E-state index is 0.0559. The van der Waals surface area contributed by atoms with E-state index in [9.17, 15) is 18.3 Å². The van der Waals surface area contributed by atoms with Gasteiger partial charge in [0.15, 0.2) is 5.84 Å². The summed E-state index contributed by atoms with van der Waals surface area (Å²) in [5.74, 6) is 0.420. The van der Waals surface area contributed by atoms with E-state index in [2.05, 4.69) is 14.7 Å². The van der Waals surface area contributed by atoms with Gasteiger partial charge in [0, 0.05) is 18.8 Å². The van der Waals surface area contributed by atoms with Gasteiger partial charge in [-0.1, -0.05) is 27.7 Å². The van der Waals surface area contributed by atoms with Crippen molar-refractivity contribution in [3.8, 4) is 11.5 Å². The number of rotatable bonds is 7. The average Bonchev–Trinajstić information content (AvgIpc) is 2.77. The number of aryl methyl sites for hydroxylation is 1. The summed E-state index contributed by atoms with van der Waals surface area (Å²) in [5, 5.41) is 14.2. The highest BCUT2D eigenvalue weighted by molar-refractivity contribution is 7.90. The van der Waals surface area contributed by atoms with Crippen LogP contribution in [-0.4, -0.2) is 35.5 Å². The van der Waals surface area contributed by atoms with Crippen LogP contribution in [0.5, 0.6) is 11.5 Å². The molecule has 0 aliphatic carbocycles. The van der Waals surface area contributed by atoms with Crippen LogP contribution in [0.15, 0.2) is 50.6 Å². The Balaban J connectivity index is 1.84. The summed E-state index contributed by atoms with van der Waals surface area (Å²) >= 11 is 0. The SMILES string of the molecule is CC(C)CCn1c(=O)c(C2=NS(=O)(=O)c3cc(OCC(C)C)ccc3N2)c(O)c2cccnc21. The number of amidine groups is 1. The number of benzene rings is 1. The molecule has 1 aromatic carbocycles. The summed E-state index contributed by atoms with van der Waals surface area (Å²) in [6, 6.07) is 7.90. The van der Waals surface area contributed by atoms with Crippen LogP contribution < -0.4 is 15.6 Å². The molecule has 0 bridgehead atoms. The highest BCUT2D eigenvalue weighted by Crippen LogP contribution is 2.34. The van der Waals surface area contributed by atoms with Crippen molar-refractivity contribution >= 4 is 32.6 Å². The van der Waals surface area contributed by atoms with E-state index in [4.69, 9.17) is 4.74 Å². The van der Waals surface area contributed by atoms with Crippen LogP contribution in [0.25, 0.3) is 11.0 Å². The summed E-state index contributed by atoms with van der Waals surface area (Å²) in [5.41, 5.74) is -0.188. The lowest BCUT2D eigenvalue weighted by Gasteiger charge is -2.21. The van der Waals surface area contributed by atoms with E-state index in [1.54, 1.807) is 30.5 Å². The van der Waals surface area contributed by atoms with Crippen molar-refractivity contribution in [2.75, 3.05) is 11.9 Å². The van der Waals surface area contributed by atoms with Crippen LogP contribution in [0.2, 0.25) is 0 Å². The van der Waals surface area contributed by atoms with Crippen LogP contribution in [0.3, 0.4) is 0 Å². The first-order valence-electron chi connectivity index (χ1n) is 11.2. The zero-order valence-electron chi connectivity index (χ0n) is 19.6. The quantitative estimate of drug-likeness (QED) is 0.524. The number of hydrogen-bond acceptors (Lipinski definition) is 7. The summed E-state index contributed by atoms with van der Waals surface area (Å²) in [7, 11) is -4.16. The molecule has 9 nitrogen and oxygen atoms in total. The number of sulfonamides is 1. The molecule has 0 unspecified atom stereocenters. The highest BCUT2D eigenvalue weighted by atomic mass is 32.2. The standard InChI is InChI=1S/C24H28N4O5S/c1-14(2)9-11-28-23-17(6-5-10-25-23)21(29)20(24(28)30)22-26-18-8-7-16(33-13-15(3)4)12-19(18)34(31,32)27-22/h5-8,10,12,14-15,29H,9,11,13H2,1-4H3,(H,26,27). The van der Waals surface area contributed by atoms with E-state index in [1.807, 2.05) is 27.7 Å². The topological polar surface area (TPSA) is 123 Å². The van der Waals surface area contributed by atoms with E-state index in [1.165, 1.54) is 10.6 Å². The molecule has 0 fully saturated rings. The van der Waals surface area contributed by atoms with Gasteiger partial charge < -0.3 is 15.2 Å². The number of aromatic nitrogens is 2. The lowest BCUT2D eigenvalue weighted by molar-refractivity contribution is 0.270. The third-order valence-electron chi connectivity index (χ3n) is 5.44. The summed E-state index contributed by atoms with van der Waals surface area (Å²) in [4.78, 5) is 17.7. The molecule has 1 aliphatic rings. The van der Waals surface area contributed by atoms with Gasteiger partial charge in [-0.3, -0.25) is 9.36 Å². The fourth-order valence-corrected chi connectivity index (χ4v) is 4.81. The van der Waals surface area contributed by atoms with Crippen molar-refractivity contribution in [1.29, 1.82) is 0 Å². The van der Waals surface area contributed by atoms with E-state index in [0.29, 0.717) is 42.3 Å². The second kappa shape index (κ2) is 9.09. The molecule has 0 radical (unpaired) electrons. The van der Waals surface area contributed by atoms with Gasteiger partial charge in [-0.05, 0) is 42.5 Å². The van der Waals surface area contributed by atoms with Crippen molar-refractivity contribution in [2.24, 2.45) is 16.2 Å². The average molecular weight is 485 g/mol. The predicted molar refractivity (Wildman–Crippen MR) is 131 cm³/mol. The van der Waals surface area contributed by atoms with E-state index in [0.717, 1.165) is 0 Å². The second-order valence-corrected chi connectivity index (χ2v) is 10.7. The van der Waals surface area contributed by atoms with Crippen molar-refractivity contribution in [3.63, 3.8) is 0 Å². The lowest BCUT2D eigenvalue weighted by Crippen LogP contribution is -2.33. The van der Waals surface area contributed by atoms with E-state index in [-0.39, 0.29) is 33.6 Å². The Hall–Kier alpha value is -3.40. The highest BCUT2D eigenvalue weighted by Gasteiger charge is 2.30. The first-order valence-corrected chi connectivity index (χ1v) is 12.6. The smallest absolute Gasteiger partial charge is 0.286 e. The number of fused-ring (bicyclic) bond motifs is 2. The second-order valence-electron chi connectivity index (χ2n) is 9.14. The first-order chi connectivity index (χ1) is 16.1. The number of nitrogens with one attached hydrogen (secondary N) is 1. The Morgan fingerprint density at radius 2 is 1.91 bits per heavy atom. The first kappa shape index (κ1) is 23.7. The van der Waals surface area contributed by atoms with E-state index >= 15 is 0 Å². The molecule has 0 spiro atoms. The minimum atomic E-state index is -4.16. The maximum atomic E-state index is 13.5. The van der Waals surface area contributed by atoms with Gasteiger partial charge in [0.1, 0.15) is 27.6 Å². The maximum absolute atomic E-state index is 13.5. The van der Waals surface area contributed by atoms with Crippen LogP contribution in [0.4, 0.5) is 5.69 Å². The monoisotopic (exact) mass is 484 g/mol. The van der Waals surface area contributed by atoms with Gasteiger partial charge in [0.2, 0.25) is 0 Å². The van der Waals surface area contributed by atoms with Gasteiger partial charge in [-0.2, -0.15) is 8.42 Å². The number of ether oxygens (including phenoxy) is 1. The maximum Gasteiger partial charge on any atom is 0.286 e. The molecule has 0 amide bonds. The molecule has 3 heterocycles. The molecule has 0 atom stereocenters. The van der Waals surface area contributed by atoms with Crippen LogP contribution in [-0.2, 0) is 16.6 Å². The van der Waals surface area contributed by atoms with Gasteiger partial charge in [0.05, 0.1) is 17.7 Å². The Morgan fingerprint density at radius 3 is 2.62 bits per heavy atom. The third kappa shape index (κ3) is 4.50. The molecule has 0 saturated heterocycles. The molecule has 2 N–H and O–H groups in total. The largest absolute Gasteiger partial charge is 0.506 e. The molecule has 10 heteroatoms. The minimum Gasteiger partial charge on any atom is -0.506 e. The Morgan fingerprint density at radius 1 is 1.15 bits per heavy atom. The molecule has 4 rings (SSSR count). The molecule has 3 aromatic rings. The van der Waals surface area contributed by atoms with Gasteiger partial charge in [-0.15, -0.1) is 4.40 Å². The normalized spacial score (nSPS) is 14.7. The Kier molecular flexibility index (Phi) is 6.35. The molecule has 0 saturated carbocycles. The summed E-state index contributed by atoms with van der Waals surface area (Å²) < 4.78 is 37.1. The molecular formula is C24H28N4O5S. The van der Waals surface area contributed by atoms with Gasteiger partial charge >= 0.3 is 0 Å². The number of nitrogens with zero attached hydrogens (tertiary/aromatic N) is 3. The molecule has 1 aliphatic heterocycles. The summed E-state index contributed by atoms with van der Waals surface area (Å²) in [6.45, 7) is 8.87. The van der Waals surface area contributed by atoms with Gasteiger partial charge in [0.25, 0.3) is 15.6 Å². The van der Waals surface area contributed by atoms with Crippen LogP contribution in [0.1, 0.15) is 39.7 Å². The van der Waals surface area contributed by atoms with Gasteiger partial charge in [-0.25, -0.2) is 4.98 Å². The molecule has 34 heavy (non-hydrogen) atoms. The molecule has 2 aromatic heterocycles.